The second-order valence-corrected chi connectivity index (χ2v) is 32.0. The van der Waals surface area contributed by atoms with E-state index < -0.39 is 30.6 Å². The molecule has 2 fully saturated rings. The summed E-state index contributed by atoms with van der Waals surface area (Å²) in [6, 6.07) is 10.0. The number of hydrogen-bond acceptors (Lipinski definition) is 8. The zero-order valence-electron chi connectivity index (χ0n) is 18.7. The summed E-state index contributed by atoms with van der Waals surface area (Å²) in [5, 5.41) is 22.1. The van der Waals surface area contributed by atoms with Crippen LogP contribution in [0.15, 0.2) is 45.6 Å². The predicted molar refractivity (Wildman–Crippen MR) is 164 cm³/mol. The zero-order chi connectivity index (χ0) is 25.8. The van der Waals surface area contributed by atoms with Crippen LogP contribution >= 0.6 is 63.3 Å². The molecule has 0 unspecified atom stereocenters. The monoisotopic (exact) mass is 732 g/mol. The van der Waals surface area contributed by atoms with Gasteiger partial charge in [-0.2, -0.15) is 0 Å². The first-order chi connectivity index (χ1) is 17.9. The first-order valence-corrected chi connectivity index (χ1v) is 26.6. The van der Waals surface area contributed by atoms with Gasteiger partial charge in [-0.1, -0.05) is 0 Å². The van der Waals surface area contributed by atoms with Crippen LogP contribution in [0.3, 0.4) is 0 Å². The molecule has 0 spiro atoms. The van der Waals surface area contributed by atoms with Crippen LogP contribution < -0.4 is 14.1 Å². The first kappa shape index (κ1) is 26.7. The van der Waals surface area contributed by atoms with Crippen LogP contribution in [0.5, 0.6) is 5.75 Å². The third-order valence-corrected chi connectivity index (χ3v) is 33.6. The fourth-order valence-electron chi connectivity index (χ4n) is 4.36. The number of phenols is 1. The van der Waals surface area contributed by atoms with Crippen LogP contribution in [0.1, 0.15) is 10.4 Å². The van der Waals surface area contributed by atoms with Crippen molar-refractivity contribution in [2.75, 3.05) is 23.0 Å². The fraction of sp³-hybridized carbons (Fsp3) is 0.167. The van der Waals surface area contributed by atoms with Crippen LogP contribution in [0.4, 0.5) is 0 Å². The normalized spacial score (nSPS) is 16.8. The molecule has 2 N–H and O–H groups in total. The van der Waals surface area contributed by atoms with Crippen molar-refractivity contribution in [3.63, 3.8) is 0 Å². The molecule has 0 saturated carbocycles. The van der Waals surface area contributed by atoms with E-state index in [9.17, 15) is 19.8 Å². The summed E-state index contributed by atoms with van der Waals surface area (Å²) in [4.78, 5) is 25.7. The van der Waals surface area contributed by atoms with E-state index in [2.05, 4.69) is 0 Å². The molecule has 37 heavy (non-hydrogen) atoms. The molecule has 2 aromatic rings. The fourth-order valence-corrected chi connectivity index (χ4v) is 34.6. The molecule has 4 aliphatic rings. The van der Waals surface area contributed by atoms with E-state index in [0.29, 0.717) is 42.1 Å². The molecule has 6 rings (SSSR count). The number of hydrogen-bond donors (Lipinski definition) is 2. The van der Waals surface area contributed by atoms with E-state index in [0.717, 1.165) is 23.0 Å². The molecule has 3 heterocycles. The van der Waals surface area contributed by atoms with Crippen molar-refractivity contribution in [3.8, 4) is 28.2 Å². The van der Waals surface area contributed by atoms with Gasteiger partial charge in [-0.3, -0.25) is 0 Å². The van der Waals surface area contributed by atoms with E-state index in [4.69, 9.17) is 27.6 Å². The summed E-state index contributed by atoms with van der Waals surface area (Å²) in [6.45, 7) is 0. The summed E-state index contributed by atoms with van der Waals surface area (Å²) >= 11 is 9.40. The van der Waals surface area contributed by atoms with Gasteiger partial charge in [0.25, 0.3) is 0 Å². The maximum absolute atomic E-state index is 13.4. The molecule has 5 nitrogen and oxygen atoms in total. The number of carbonyl (C=O) groups is 1. The summed E-state index contributed by atoms with van der Waals surface area (Å²) in [5.74, 6) is 3.28. The number of carboxylic acid groups (broad SMARTS) is 1. The van der Waals surface area contributed by atoms with Gasteiger partial charge >= 0.3 is 246 Å². The molecule has 190 valence electrons. The van der Waals surface area contributed by atoms with E-state index in [-0.39, 0.29) is 26.8 Å². The molecule has 2 saturated heterocycles. The van der Waals surface area contributed by atoms with E-state index in [1.807, 2.05) is 40.1 Å². The van der Waals surface area contributed by atoms with Crippen molar-refractivity contribution in [3.05, 3.63) is 62.2 Å². The molecule has 0 radical (unpaired) electrons. The second kappa shape index (κ2) is 10.8. The Labute approximate surface area is 244 Å². The van der Waals surface area contributed by atoms with Crippen LogP contribution in [-0.4, -0.2) is 63.9 Å². The van der Waals surface area contributed by atoms with E-state index in [1.165, 1.54) is 0 Å². The maximum atomic E-state index is 13.4. The Morgan fingerprint density at radius 2 is 1.51 bits per heavy atom. The molecular weight excluding hydrogens is 717 g/mol. The SMILES string of the molecule is O=C(O)c1ccccc1-c1c2cc(Cl)c(=O)c([As]3SCCS3)c-2oc2c([As]3SCCS3)c(O)c(Cl)cc12. The number of benzene rings is 3. The minimum atomic E-state index is -1.89. The number of aromatic carboxylic acids is 1. The van der Waals surface area contributed by atoms with E-state index in [1.54, 1.807) is 36.4 Å². The van der Waals surface area contributed by atoms with Gasteiger partial charge in [0, 0.05) is 0 Å². The number of halogens is 2. The topological polar surface area (TPSA) is 87.7 Å². The Kier molecular flexibility index (Phi) is 7.81. The summed E-state index contributed by atoms with van der Waals surface area (Å²) in [6.07, 6.45) is 0. The predicted octanol–water partition coefficient (Wildman–Crippen LogP) is 5.63. The van der Waals surface area contributed by atoms with Gasteiger partial charge in [-0.15, -0.1) is 0 Å². The van der Waals surface area contributed by atoms with E-state index >= 15 is 0 Å². The summed E-state index contributed by atoms with van der Waals surface area (Å²) < 4.78 is 7.99. The molecule has 13 heteroatoms. The Balaban J connectivity index is 1.83. The molecule has 3 aliphatic heterocycles. The van der Waals surface area contributed by atoms with Crippen molar-refractivity contribution in [2.24, 2.45) is 0 Å². The Morgan fingerprint density at radius 1 is 0.892 bits per heavy atom. The Morgan fingerprint density at radius 3 is 2.16 bits per heavy atom. The minimum absolute atomic E-state index is 0.0111. The molecule has 0 amide bonds. The standard InChI is InChI=1S/C24H16As2Cl2O5S4/c27-15-9-13-17(11-3-1-2-4-12(11)24(31)32)14-10-16(28)21(30)19(26-36-7-8-37-26)23(14)33-22(13)18(20(15)29)25-34-5-6-35-25/h1-4,9-10,29H,5-8H2,(H,31,32). The number of fused-ring (bicyclic) bond motifs is 2. The van der Waals surface area contributed by atoms with Gasteiger partial charge in [0.05, 0.1) is 0 Å². The quantitative estimate of drug-likeness (QED) is 0.205. The molecular formula is C24H16As2Cl2O5S4. The van der Waals surface area contributed by atoms with Crippen molar-refractivity contribution >= 4 is 114 Å². The van der Waals surface area contributed by atoms with Crippen LogP contribution in [-0.2, 0) is 0 Å². The molecule has 1 aliphatic carbocycles. The summed E-state index contributed by atoms with van der Waals surface area (Å²) in [7, 11) is 7.29. The number of rotatable bonds is 4. The zero-order valence-corrected chi connectivity index (χ0v) is 27.2. The molecule has 0 aromatic heterocycles. The molecule has 0 atom stereocenters. The van der Waals surface area contributed by atoms with Crippen molar-refractivity contribution in [2.45, 2.75) is 0 Å². The average molecular weight is 733 g/mol. The number of aromatic hydroxyl groups is 1. The third-order valence-electron chi connectivity index (χ3n) is 5.88. The molecule has 0 bridgehead atoms. The molecule has 2 aromatic carbocycles. The summed E-state index contributed by atoms with van der Waals surface area (Å²) in [5.41, 5.74) is 2.06. The van der Waals surface area contributed by atoms with Crippen molar-refractivity contribution in [1.29, 1.82) is 0 Å². The average Bonchev–Trinajstić information content (AvgIpc) is 3.60. The van der Waals surface area contributed by atoms with Gasteiger partial charge in [0.2, 0.25) is 0 Å². The van der Waals surface area contributed by atoms with Crippen LogP contribution in [0, 0.1) is 0 Å². The Hall–Kier alpha value is -0.503. The van der Waals surface area contributed by atoms with Crippen LogP contribution in [0.2, 0.25) is 10.0 Å². The van der Waals surface area contributed by atoms with Gasteiger partial charge in [0.1, 0.15) is 0 Å². The Bertz CT molecular complexity index is 1600. The van der Waals surface area contributed by atoms with Crippen molar-refractivity contribution < 1.29 is 19.4 Å². The van der Waals surface area contributed by atoms with Gasteiger partial charge in [-0.25, -0.2) is 0 Å². The second-order valence-electron chi connectivity index (χ2n) is 8.02. The van der Waals surface area contributed by atoms with Gasteiger partial charge in [-0.05, 0) is 0 Å². The van der Waals surface area contributed by atoms with Crippen molar-refractivity contribution in [1.82, 2.24) is 0 Å². The van der Waals surface area contributed by atoms with Gasteiger partial charge < -0.3 is 0 Å². The first-order valence-electron chi connectivity index (χ1n) is 11.0. The van der Waals surface area contributed by atoms with Gasteiger partial charge in [0.15, 0.2) is 0 Å². The number of carboxylic acids is 1. The van der Waals surface area contributed by atoms with Crippen LogP contribution in [0.25, 0.3) is 33.4 Å². The number of phenolic OH excluding ortho intramolecular Hbond substituents is 1. The third kappa shape index (κ3) is 4.66.